The Bertz CT molecular complexity index is 1070. The van der Waals surface area contributed by atoms with Gasteiger partial charge in [-0.15, -0.1) is 0 Å². The molecule has 7 nitrogen and oxygen atoms in total. The van der Waals surface area contributed by atoms with Crippen molar-refractivity contribution in [1.82, 2.24) is 19.6 Å². The topological polar surface area (TPSA) is 75.9 Å². The minimum absolute atomic E-state index is 0.0467. The van der Waals surface area contributed by atoms with E-state index < -0.39 is 5.91 Å². The van der Waals surface area contributed by atoms with E-state index in [0.29, 0.717) is 5.65 Å². The molecule has 1 aliphatic heterocycles. The van der Waals surface area contributed by atoms with Crippen LogP contribution in [-0.4, -0.2) is 53.0 Å². The zero-order chi connectivity index (χ0) is 20.9. The van der Waals surface area contributed by atoms with Gasteiger partial charge in [-0.1, -0.05) is 36.4 Å². The van der Waals surface area contributed by atoms with Gasteiger partial charge in [0.1, 0.15) is 11.2 Å². The lowest BCUT2D eigenvalue weighted by molar-refractivity contribution is 0.0360. The molecule has 0 aliphatic carbocycles. The molecule has 3 heterocycles. The van der Waals surface area contributed by atoms with Crippen molar-refractivity contribution >= 4 is 11.6 Å². The van der Waals surface area contributed by atoms with Crippen LogP contribution in [0.4, 0.5) is 0 Å². The summed E-state index contributed by atoms with van der Waals surface area (Å²) in [6.07, 6.45) is 3.77. The summed E-state index contributed by atoms with van der Waals surface area (Å²) < 4.78 is 6.84. The first kappa shape index (κ1) is 20.3. The third-order valence-electron chi connectivity index (χ3n) is 5.52. The van der Waals surface area contributed by atoms with Gasteiger partial charge < -0.3 is 10.1 Å². The van der Waals surface area contributed by atoms with E-state index in [1.165, 1.54) is 10.6 Å². The molecule has 1 atom stereocenters. The smallest absolute Gasteiger partial charge is 0.270 e. The molecule has 2 aromatic heterocycles. The number of benzene rings is 1. The van der Waals surface area contributed by atoms with Crippen molar-refractivity contribution in [3.8, 4) is 0 Å². The summed E-state index contributed by atoms with van der Waals surface area (Å²) in [6.45, 7) is 5.99. The molecule has 3 aromatic rings. The Balaban J connectivity index is 1.56. The van der Waals surface area contributed by atoms with Crippen molar-refractivity contribution in [2.75, 3.05) is 32.8 Å². The van der Waals surface area contributed by atoms with E-state index in [2.05, 4.69) is 15.2 Å². The Morgan fingerprint density at radius 3 is 2.70 bits per heavy atom. The monoisotopic (exact) mass is 406 g/mol. The van der Waals surface area contributed by atoms with Crippen LogP contribution in [0.3, 0.4) is 0 Å². The molecule has 0 unspecified atom stereocenters. The maximum atomic E-state index is 13.0. The van der Waals surface area contributed by atoms with E-state index in [1.54, 1.807) is 12.3 Å². The van der Waals surface area contributed by atoms with Gasteiger partial charge in [0.15, 0.2) is 0 Å². The first-order valence-electron chi connectivity index (χ1n) is 10.3. The van der Waals surface area contributed by atoms with Crippen LogP contribution in [0.1, 0.15) is 33.9 Å². The molecular formula is C23H26N4O3. The lowest BCUT2D eigenvalue weighted by Gasteiger charge is -2.28. The molecule has 156 valence electrons. The maximum absolute atomic E-state index is 13.0. The molecule has 1 aromatic carbocycles. The fraction of sp³-hybridized carbons (Fsp3) is 0.348. The molecule has 1 amide bonds. The van der Waals surface area contributed by atoms with Crippen LogP contribution in [0.2, 0.25) is 0 Å². The average molecular weight is 406 g/mol. The second-order valence-electron chi connectivity index (χ2n) is 7.54. The second kappa shape index (κ2) is 9.19. The molecule has 1 N–H and O–H groups in total. The summed E-state index contributed by atoms with van der Waals surface area (Å²) in [5, 5.41) is 3.06. The number of aromatic nitrogens is 2. The van der Waals surface area contributed by atoms with Gasteiger partial charge in [-0.05, 0) is 30.5 Å². The van der Waals surface area contributed by atoms with Gasteiger partial charge in [0.05, 0.1) is 19.3 Å². The summed E-state index contributed by atoms with van der Waals surface area (Å²) in [5.41, 5.74) is 2.15. The van der Waals surface area contributed by atoms with Gasteiger partial charge >= 0.3 is 0 Å². The van der Waals surface area contributed by atoms with E-state index in [9.17, 15) is 9.59 Å². The molecule has 0 saturated carbocycles. The number of nitrogens with one attached hydrogen (secondary N) is 1. The number of hydrogen-bond donors (Lipinski definition) is 1. The SMILES string of the molecule is Cc1cccn2c(=O)c(C(=O)N[C@@H](CCN3CCOCC3)c3ccccc3)cnc12. The average Bonchev–Trinajstić information content (AvgIpc) is 2.78. The number of aryl methyl sites for hydroxylation is 1. The predicted molar refractivity (Wildman–Crippen MR) is 115 cm³/mol. The van der Waals surface area contributed by atoms with E-state index in [0.717, 1.165) is 50.4 Å². The largest absolute Gasteiger partial charge is 0.379 e. The van der Waals surface area contributed by atoms with Crippen molar-refractivity contribution in [3.05, 3.63) is 81.9 Å². The minimum atomic E-state index is -0.403. The van der Waals surface area contributed by atoms with Crippen LogP contribution in [0, 0.1) is 6.92 Å². The Labute approximate surface area is 175 Å². The zero-order valence-electron chi connectivity index (χ0n) is 17.1. The molecule has 1 aliphatic rings. The molecule has 30 heavy (non-hydrogen) atoms. The number of amides is 1. The normalized spacial score (nSPS) is 15.8. The fourth-order valence-corrected chi connectivity index (χ4v) is 3.78. The molecule has 0 radical (unpaired) electrons. The Kier molecular flexibility index (Phi) is 6.21. The number of ether oxygens (including phenoxy) is 1. The molecule has 0 spiro atoms. The molecule has 7 heteroatoms. The zero-order valence-corrected chi connectivity index (χ0v) is 17.1. The van der Waals surface area contributed by atoms with Gasteiger partial charge in [-0.2, -0.15) is 0 Å². The van der Waals surface area contributed by atoms with Crippen molar-refractivity contribution in [1.29, 1.82) is 0 Å². The maximum Gasteiger partial charge on any atom is 0.270 e. The van der Waals surface area contributed by atoms with Crippen LogP contribution < -0.4 is 10.9 Å². The van der Waals surface area contributed by atoms with Crippen LogP contribution in [0.25, 0.3) is 5.65 Å². The second-order valence-corrected chi connectivity index (χ2v) is 7.54. The van der Waals surface area contributed by atoms with Crippen molar-refractivity contribution < 1.29 is 9.53 Å². The number of pyridine rings is 1. The molecular weight excluding hydrogens is 380 g/mol. The lowest BCUT2D eigenvalue weighted by atomic mass is 10.0. The third kappa shape index (κ3) is 4.42. The number of carbonyl (C=O) groups excluding carboxylic acids is 1. The van der Waals surface area contributed by atoms with Gasteiger partial charge in [0, 0.05) is 32.0 Å². The highest BCUT2D eigenvalue weighted by Crippen LogP contribution is 2.18. The first-order valence-corrected chi connectivity index (χ1v) is 10.3. The lowest BCUT2D eigenvalue weighted by Crippen LogP contribution is -2.39. The minimum Gasteiger partial charge on any atom is -0.379 e. The number of hydrogen-bond acceptors (Lipinski definition) is 5. The van der Waals surface area contributed by atoms with Gasteiger partial charge in [-0.3, -0.25) is 18.9 Å². The number of rotatable bonds is 6. The first-order chi connectivity index (χ1) is 14.6. The van der Waals surface area contributed by atoms with Gasteiger partial charge in [0.25, 0.3) is 11.5 Å². The van der Waals surface area contributed by atoms with E-state index in [4.69, 9.17) is 4.74 Å². The summed E-state index contributed by atoms with van der Waals surface area (Å²) >= 11 is 0. The van der Waals surface area contributed by atoms with E-state index in [-0.39, 0.29) is 17.2 Å². The van der Waals surface area contributed by atoms with Crippen molar-refractivity contribution in [3.63, 3.8) is 0 Å². The highest BCUT2D eigenvalue weighted by atomic mass is 16.5. The Morgan fingerprint density at radius 1 is 1.17 bits per heavy atom. The van der Waals surface area contributed by atoms with E-state index >= 15 is 0 Å². The number of morpholine rings is 1. The summed E-state index contributed by atoms with van der Waals surface area (Å²) in [6, 6.07) is 13.3. The Hall–Kier alpha value is -3.03. The van der Waals surface area contributed by atoms with Crippen LogP contribution >= 0.6 is 0 Å². The van der Waals surface area contributed by atoms with Crippen LogP contribution in [0.5, 0.6) is 0 Å². The number of fused-ring (bicyclic) bond motifs is 1. The highest BCUT2D eigenvalue weighted by molar-refractivity contribution is 5.94. The van der Waals surface area contributed by atoms with Crippen LogP contribution in [-0.2, 0) is 4.74 Å². The predicted octanol–water partition coefficient (Wildman–Crippen LogP) is 2.20. The standard InChI is InChI=1S/C23H26N4O3/c1-17-6-5-10-27-21(17)24-16-19(23(27)29)22(28)25-20(18-7-3-2-4-8-18)9-11-26-12-14-30-15-13-26/h2-8,10,16,20H,9,11-15H2,1H3,(H,25,28)/t20-/m0/s1. The van der Waals surface area contributed by atoms with Crippen LogP contribution in [0.15, 0.2) is 59.7 Å². The third-order valence-corrected chi connectivity index (χ3v) is 5.52. The van der Waals surface area contributed by atoms with Gasteiger partial charge in [0.2, 0.25) is 0 Å². The Morgan fingerprint density at radius 2 is 1.93 bits per heavy atom. The van der Waals surface area contributed by atoms with Crippen molar-refractivity contribution in [2.45, 2.75) is 19.4 Å². The molecule has 1 saturated heterocycles. The van der Waals surface area contributed by atoms with E-state index in [1.807, 2.05) is 43.3 Å². The molecule has 1 fully saturated rings. The van der Waals surface area contributed by atoms with Crippen molar-refractivity contribution in [2.24, 2.45) is 0 Å². The molecule has 4 rings (SSSR count). The molecule has 0 bridgehead atoms. The number of nitrogens with zero attached hydrogens (tertiary/aromatic N) is 3. The summed E-state index contributed by atoms with van der Waals surface area (Å²) in [5.74, 6) is -0.403. The summed E-state index contributed by atoms with van der Waals surface area (Å²) in [4.78, 5) is 32.6. The quantitative estimate of drug-likeness (QED) is 0.679. The number of carbonyl (C=O) groups is 1. The fourth-order valence-electron chi connectivity index (χ4n) is 3.78. The highest BCUT2D eigenvalue weighted by Gasteiger charge is 2.21. The van der Waals surface area contributed by atoms with Gasteiger partial charge in [-0.25, -0.2) is 4.98 Å². The summed E-state index contributed by atoms with van der Waals surface area (Å²) in [7, 11) is 0.